The molecule has 0 aliphatic heterocycles. The van der Waals surface area contributed by atoms with Gasteiger partial charge in [0.2, 0.25) is 0 Å². The first-order valence-electron chi connectivity index (χ1n) is 12.9. The van der Waals surface area contributed by atoms with E-state index in [0.717, 1.165) is 23.7 Å². The molecule has 0 heteroatoms. The Morgan fingerprint density at radius 3 is 1.53 bits per heavy atom. The molecule has 0 aromatic heterocycles. The third-order valence-corrected chi connectivity index (χ3v) is 8.18. The van der Waals surface area contributed by atoms with Crippen LogP contribution in [0.4, 0.5) is 0 Å². The summed E-state index contributed by atoms with van der Waals surface area (Å²) >= 11 is 0. The van der Waals surface area contributed by atoms with E-state index in [4.69, 9.17) is 0 Å². The summed E-state index contributed by atoms with van der Waals surface area (Å²) in [6.45, 7) is 4.72. The van der Waals surface area contributed by atoms with E-state index >= 15 is 0 Å². The van der Waals surface area contributed by atoms with Crippen LogP contribution in [0.2, 0.25) is 0 Å². The van der Waals surface area contributed by atoms with Gasteiger partial charge in [-0.1, -0.05) is 101 Å². The lowest BCUT2D eigenvalue weighted by atomic mass is 9.77. The van der Waals surface area contributed by atoms with Gasteiger partial charge in [-0.2, -0.15) is 0 Å². The van der Waals surface area contributed by atoms with Crippen LogP contribution < -0.4 is 0 Å². The summed E-state index contributed by atoms with van der Waals surface area (Å²) < 4.78 is 0. The summed E-state index contributed by atoms with van der Waals surface area (Å²) in [5.74, 6) is 3.50. The van der Waals surface area contributed by atoms with Crippen LogP contribution in [0.1, 0.15) is 114 Å². The van der Waals surface area contributed by atoms with Gasteiger partial charge in [0.05, 0.1) is 0 Å². The van der Waals surface area contributed by atoms with Crippen LogP contribution in [0.25, 0.3) is 11.1 Å². The van der Waals surface area contributed by atoms with Gasteiger partial charge >= 0.3 is 0 Å². The second kappa shape index (κ2) is 10.7. The van der Waals surface area contributed by atoms with Crippen molar-refractivity contribution in [3.05, 3.63) is 59.7 Å². The largest absolute Gasteiger partial charge is 0.0654 e. The first-order valence-corrected chi connectivity index (χ1v) is 12.9. The van der Waals surface area contributed by atoms with Gasteiger partial charge in [-0.25, -0.2) is 0 Å². The lowest BCUT2D eigenvalue weighted by Gasteiger charge is -2.29. The molecule has 162 valence electrons. The molecule has 0 atom stereocenters. The Bertz CT molecular complexity index is 738. The fourth-order valence-corrected chi connectivity index (χ4v) is 5.96. The summed E-state index contributed by atoms with van der Waals surface area (Å²) in [7, 11) is 0. The van der Waals surface area contributed by atoms with E-state index in [2.05, 4.69) is 62.4 Å². The van der Waals surface area contributed by atoms with Gasteiger partial charge in [-0.3, -0.25) is 0 Å². The van der Waals surface area contributed by atoms with Crippen molar-refractivity contribution in [3.63, 3.8) is 0 Å². The van der Waals surface area contributed by atoms with Crippen LogP contribution in [0.5, 0.6) is 0 Å². The summed E-state index contributed by atoms with van der Waals surface area (Å²) in [5, 5.41) is 0. The van der Waals surface area contributed by atoms with E-state index < -0.39 is 0 Å². The summed E-state index contributed by atoms with van der Waals surface area (Å²) in [4.78, 5) is 0. The predicted molar refractivity (Wildman–Crippen MR) is 131 cm³/mol. The zero-order valence-corrected chi connectivity index (χ0v) is 19.4. The van der Waals surface area contributed by atoms with E-state index in [-0.39, 0.29) is 0 Å². The standard InChI is InChI=1S/C30H42/c1-3-4-5-6-24-9-13-26(14-10-24)28-17-21-30(22-18-28)29-19-15-27(16-20-29)25-11-7-23(2)8-12-25/h15-26H,3-14H2,1-2H3/t23-,24-,25-,26-. The van der Waals surface area contributed by atoms with Crippen LogP contribution in [-0.4, -0.2) is 0 Å². The van der Waals surface area contributed by atoms with E-state index in [0.29, 0.717) is 0 Å². The maximum atomic E-state index is 2.41. The highest BCUT2D eigenvalue weighted by Gasteiger charge is 2.22. The number of rotatable bonds is 7. The Labute approximate surface area is 185 Å². The van der Waals surface area contributed by atoms with Crippen molar-refractivity contribution in [2.75, 3.05) is 0 Å². The van der Waals surface area contributed by atoms with Crippen molar-refractivity contribution in [2.24, 2.45) is 11.8 Å². The van der Waals surface area contributed by atoms with Crippen molar-refractivity contribution >= 4 is 0 Å². The zero-order valence-electron chi connectivity index (χ0n) is 19.4. The molecule has 0 spiro atoms. The molecule has 0 nitrogen and oxygen atoms in total. The molecule has 0 bridgehead atoms. The maximum absolute atomic E-state index is 2.41. The molecule has 2 aliphatic rings. The van der Waals surface area contributed by atoms with E-state index in [1.807, 2.05) is 0 Å². The summed E-state index contributed by atoms with van der Waals surface area (Å²) in [5.41, 5.74) is 5.86. The molecule has 4 rings (SSSR count). The molecular weight excluding hydrogens is 360 g/mol. The van der Waals surface area contributed by atoms with Gasteiger partial charge in [-0.05, 0) is 84.5 Å². The van der Waals surface area contributed by atoms with Crippen LogP contribution in [0.15, 0.2) is 48.5 Å². The number of benzene rings is 2. The minimum atomic E-state index is 0.787. The van der Waals surface area contributed by atoms with Gasteiger partial charge in [0.15, 0.2) is 0 Å². The SMILES string of the molecule is CCCCC[C@H]1CC[C@H](c2ccc(-c3ccc([C@H]4CC[C@H](C)CC4)cc3)cc2)CC1. The minimum Gasteiger partial charge on any atom is -0.0654 e. The first kappa shape index (κ1) is 21.7. The van der Waals surface area contributed by atoms with Gasteiger partial charge in [0, 0.05) is 0 Å². The van der Waals surface area contributed by atoms with Gasteiger partial charge < -0.3 is 0 Å². The van der Waals surface area contributed by atoms with Gasteiger partial charge in [0.1, 0.15) is 0 Å². The predicted octanol–water partition coefficient (Wildman–Crippen LogP) is 9.50. The van der Waals surface area contributed by atoms with E-state index in [9.17, 15) is 0 Å². The van der Waals surface area contributed by atoms with Crippen molar-refractivity contribution in [1.82, 2.24) is 0 Å². The minimum absolute atomic E-state index is 0.787. The summed E-state index contributed by atoms with van der Waals surface area (Å²) in [6, 6.07) is 19.0. The lowest BCUT2D eigenvalue weighted by Crippen LogP contribution is -2.13. The van der Waals surface area contributed by atoms with E-state index in [1.165, 1.54) is 88.2 Å². The molecule has 2 aromatic carbocycles. The Balaban J connectivity index is 1.31. The normalized spacial score (nSPS) is 27.1. The van der Waals surface area contributed by atoms with Crippen LogP contribution in [0, 0.1) is 11.8 Å². The molecule has 0 unspecified atom stereocenters. The molecule has 0 radical (unpaired) electrons. The number of hydrogen-bond acceptors (Lipinski definition) is 0. The van der Waals surface area contributed by atoms with Crippen molar-refractivity contribution in [1.29, 1.82) is 0 Å². The quantitative estimate of drug-likeness (QED) is 0.404. The highest BCUT2D eigenvalue weighted by Crippen LogP contribution is 2.39. The third-order valence-electron chi connectivity index (χ3n) is 8.18. The Hall–Kier alpha value is -1.56. The molecule has 2 saturated carbocycles. The highest BCUT2D eigenvalue weighted by atomic mass is 14.3. The zero-order chi connectivity index (χ0) is 20.8. The fourth-order valence-electron chi connectivity index (χ4n) is 5.96. The second-order valence-electron chi connectivity index (χ2n) is 10.4. The molecule has 0 heterocycles. The van der Waals surface area contributed by atoms with Gasteiger partial charge in [0.25, 0.3) is 0 Å². The molecule has 0 N–H and O–H groups in total. The monoisotopic (exact) mass is 402 g/mol. The average Bonchev–Trinajstić information content (AvgIpc) is 2.81. The smallest absolute Gasteiger partial charge is 0.0162 e. The topological polar surface area (TPSA) is 0 Å². The fraction of sp³-hybridized carbons (Fsp3) is 0.600. The Morgan fingerprint density at radius 2 is 1.07 bits per heavy atom. The van der Waals surface area contributed by atoms with Crippen molar-refractivity contribution in [3.8, 4) is 11.1 Å². The Kier molecular flexibility index (Phi) is 7.69. The number of hydrogen-bond donors (Lipinski definition) is 0. The van der Waals surface area contributed by atoms with Crippen LogP contribution in [-0.2, 0) is 0 Å². The summed E-state index contributed by atoms with van der Waals surface area (Å²) in [6.07, 6.45) is 16.9. The molecular formula is C30H42. The van der Waals surface area contributed by atoms with Crippen molar-refractivity contribution < 1.29 is 0 Å². The number of unbranched alkanes of at least 4 members (excludes halogenated alkanes) is 2. The molecule has 0 amide bonds. The molecule has 30 heavy (non-hydrogen) atoms. The first-order chi connectivity index (χ1) is 14.7. The lowest BCUT2D eigenvalue weighted by molar-refractivity contribution is 0.303. The molecule has 2 fully saturated rings. The van der Waals surface area contributed by atoms with Crippen molar-refractivity contribution in [2.45, 2.75) is 103 Å². The molecule has 0 saturated heterocycles. The van der Waals surface area contributed by atoms with Gasteiger partial charge in [-0.15, -0.1) is 0 Å². The van der Waals surface area contributed by atoms with E-state index in [1.54, 1.807) is 11.1 Å². The highest BCUT2D eigenvalue weighted by molar-refractivity contribution is 5.64. The molecule has 2 aliphatic carbocycles. The molecule has 2 aromatic rings. The van der Waals surface area contributed by atoms with Crippen LogP contribution in [0.3, 0.4) is 0 Å². The average molecular weight is 403 g/mol. The third kappa shape index (κ3) is 5.57. The second-order valence-corrected chi connectivity index (χ2v) is 10.4. The maximum Gasteiger partial charge on any atom is -0.0162 e. The van der Waals surface area contributed by atoms with Crippen LogP contribution >= 0.6 is 0 Å². The Morgan fingerprint density at radius 1 is 0.600 bits per heavy atom.